The number of methoxy groups -OCH3 is 1. The molecule has 0 aromatic carbocycles. The molecule has 0 amide bonds. The number of carbonyl (C=O) groups excluding carboxylic acids is 1. The van der Waals surface area contributed by atoms with Gasteiger partial charge in [0.25, 0.3) is 0 Å². The number of hydrogen-bond donors (Lipinski definition) is 1. The van der Waals surface area contributed by atoms with Crippen molar-refractivity contribution in [1.82, 2.24) is 0 Å². The summed E-state index contributed by atoms with van der Waals surface area (Å²) in [5, 5.41) is 0. The first-order valence-corrected chi connectivity index (χ1v) is 3.57. The summed E-state index contributed by atoms with van der Waals surface area (Å²) in [6, 6.07) is 0.212. The van der Waals surface area contributed by atoms with Gasteiger partial charge in [0.15, 0.2) is 0 Å². The standard InChI is InChI=1S/C7H13NO2/c1-10-7(9)5-2-3-6(8)4-5/h5-6H,2-4,8H2,1H3/t5-,6+/m0/s1. The molecule has 3 heteroatoms. The van der Waals surface area contributed by atoms with Gasteiger partial charge in [-0.3, -0.25) is 4.79 Å². The predicted molar refractivity (Wildman–Crippen MR) is 37.3 cm³/mol. The average Bonchev–Trinajstić information content (AvgIpc) is 2.34. The van der Waals surface area contributed by atoms with E-state index in [-0.39, 0.29) is 17.9 Å². The number of esters is 1. The zero-order chi connectivity index (χ0) is 7.56. The molecule has 0 aromatic rings. The van der Waals surface area contributed by atoms with E-state index in [2.05, 4.69) is 4.74 Å². The molecule has 1 fully saturated rings. The topological polar surface area (TPSA) is 52.3 Å². The van der Waals surface area contributed by atoms with Gasteiger partial charge in [-0.15, -0.1) is 0 Å². The molecule has 1 saturated carbocycles. The van der Waals surface area contributed by atoms with E-state index in [9.17, 15) is 4.79 Å². The summed E-state index contributed by atoms with van der Waals surface area (Å²) in [4.78, 5) is 10.9. The normalized spacial score (nSPS) is 32.2. The van der Waals surface area contributed by atoms with Crippen molar-refractivity contribution >= 4 is 5.97 Å². The summed E-state index contributed by atoms with van der Waals surface area (Å²) >= 11 is 0. The summed E-state index contributed by atoms with van der Waals surface area (Å²) in [7, 11) is 1.42. The van der Waals surface area contributed by atoms with Crippen LogP contribution in [0.4, 0.5) is 0 Å². The van der Waals surface area contributed by atoms with E-state index in [4.69, 9.17) is 5.73 Å². The second kappa shape index (κ2) is 3.01. The molecule has 0 bridgehead atoms. The molecule has 1 aliphatic carbocycles. The Bertz CT molecular complexity index is 136. The maximum absolute atomic E-state index is 10.9. The van der Waals surface area contributed by atoms with Crippen molar-refractivity contribution in [3.63, 3.8) is 0 Å². The molecule has 10 heavy (non-hydrogen) atoms. The molecule has 1 aliphatic rings. The highest BCUT2D eigenvalue weighted by Crippen LogP contribution is 2.24. The highest BCUT2D eigenvalue weighted by Gasteiger charge is 2.27. The first-order chi connectivity index (χ1) is 4.74. The fourth-order valence-electron chi connectivity index (χ4n) is 1.40. The lowest BCUT2D eigenvalue weighted by atomic mass is 10.1. The minimum atomic E-state index is -0.104. The molecule has 0 aliphatic heterocycles. The Morgan fingerprint density at radius 1 is 1.60 bits per heavy atom. The van der Waals surface area contributed by atoms with Gasteiger partial charge < -0.3 is 10.5 Å². The van der Waals surface area contributed by atoms with E-state index in [1.165, 1.54) is 7.11 Å². The highest BCUT2D eigenvalue weighted by molar-refractivity contribution is 5.72. The van der Waals surface area contributed by atoms with Gasteiger partial charge in [0.05, 0.1) is 13.0 Å². The SMILES string of the molecule is COC(=O)[C@H]1CC[C@@H](N)C1. The van der Waals surface area contributed by atoms with Crippen molar-refractivity contribution in [2.45, 2.75) is 25.3 Å². The van der Waals surface area contributed by atoms with E-state index in [0.717, 1.165) is 19.3 Å². The lowest BCUT2D eigenvalue weighted by Gasteiger charge is -2.04. The van der Waals surface area contributed by atoms with E-state index in [0.29, 0.717) is 0 Å². The Kier molecular flexibility index (Phi) is 2.27. The highest BCUT2D eigenvalue weighted by atomic mass is 16.5. The molecule has 0 unspecified atom stereocenters. The fourth-order valence-corrected chi connectivity index (χ4v) is 1.40. The summed E-state index contributed by atoms with van der Waals surface area (Å²) in [5.74, 6) is -0.0343. The van der Waals surface area contributed by atoms with Gasteiger partial charge >= 0.3 is 5.97 Å². The monoisotopic (exact) mass is 143 g/mol. The quantitative estimate of drug-likeness (QED) is 0.537. The van der Waals surface area contributed by atoms with Crippen molar-refractivity contribution < 1.29 is 9.53 Å². The van der Waals surface area contributed by atoms with Gasteiger partial charge in [-0.25, -0.2) is 0 Å². The third-order valence-corrected chi connectivity index (χ3v) is 2.01. The van der Waals surface area contributed by atoms with E-state index >= 15 is 0 Å². The number of hydrogen-bond acceptors (Lipinski definition) is 3. The Morgan fingerprint density at radius 2 is 2.30 bits per heavy atom. The fraction of sp³-hybridized carbons (Fsp3) is 0.857. The van der Waals surface area contributed by atoms with Crippen molar-refractivity contribution in [2.24, 2.45) is 11.7 Å². The van der Waals surface area contributed by atoms with Crippen LogP contribution in [0.25, 0.3) is 0 Å². The smallest absolute Gasteiger partial charge is 0.308 e. The van der Waals surface area contributed by atoms with Crippen LogP contribution in [0.5, 0.6) is 0 Å². The van der Waals surface area contributed by atoms with Crippen LogP contribution in [0, 0.1) is 5.92 Å². The van der Waals surface area contributed by atoms with Crippen molar-refractivity contribution in [3.05, 3.63) is 0 Å². The van der Waals surface area contributed by atoms with Crippen LogP contribution in [-0.2, 0) is 9.53 Å². The molecular weight excluding hydrogens is 130 g/mol. The summed E-state index contributed by atoms with van der Waals surface area (Å²) in [6.45, 7) is 0. The summed E-state index contributed by atoms with van der Waals surface area (Å²) in [6.07, 6.45) is 2.65. The zero-order valence-corrected chi connectivity index (χ0v) is 6.17. The van der Waals surface area contributed by atoms with Gasteiger partial charge in [-0.2, -0.15) is 0 Å². The Labute approximate surface area is 60.5 Å². The molecular formula is C7H13NO2. The van der Waals surface area contributed by atoms with E-state index < -0.39 is 0 Å². The minimum Gasteiger partial charge on any atom is -0.469 e. The first-order valence-electron chi connectivity index (χ1n) is 3.57. The van der Waals surface area contributed by atoms with E-state index in [1.807, 2.05) is 0 Å². The molecule has 0 radical (unpaired) electrons. The summed E-state index contributed by atoms with van der Waals surface area (Å²) in [5.41, 5.74) is 5.61. The first kappa shape index (κ1) is 7.54. The van der Waals surface area contributed by atoms with Crippen LogP contribution in [0.3, 0.4) is 0 Å². The van der Waals surface area contributed by atoms with Crippen LogP contribution >= 0.6 is 0 Å². The summed E-state index contributed by atoms with van der Waals surface area (Å²) < 4.78 is 4.59. The lowest BCUT2D eigenvalue weighted by Crippen LogP contribution is -2.18. The average molecular weight is 143 g/mol. The number of rotatable bonds is 1. The third kappa shape index (κ3) is 1.48. The molecule has 3 nitrogen and oxygen atoms in total. The molecule has 0 heterocycles. The Morgan fingerprint density at radius 3 is 2.70 bits per heavy atom. The largest absolute Gasteiger partial charge is 0.469 e. The molecule has 0 spiro atoms. The number of nitrogens with two attached hydrogens (primary N) is 1. The predicted octanol–water partition coefficient (Wildman–Crippen LogP) is 0.287. The van der Waals surface area contributed by atoms with Gasteiger partial charge in [-0.05, 0) is 19.3 Å². The molecule has 2 atom stereocenters. The second-order valence-corrected chi connectivity index (χ2v) is 2.79. The van der Waals surface area contributed by atoms with Crippen LogP contribution in [0.15, 0.2) is 0 Å². The Balaban J connectivity index is 2.37. The van der Waals surface area contributed by atoms with Gasteiger partial charge in [0.2, 0.25) is 0 Å². The van der Waals surface area contributed by atoms with Crippen molar-refractivity contribution in [2.75, 3.05) is 7.11 Å². The van der Waals surface area contributed by atoms with E-state index in [1.54, 1.807) is 0 Å². The van der Waals surface area contributed by atoms with Crippen molar-refractivity contribution in [3.8, 4) is 0 Å². The van der Waals surface area contributed by atoms with Crippen LogP contribution in [0.2, 0.25) is 0 Å². The van der Waals surface area contributed by atoms with Gasteiger partial charge in [0.1, 0.15) is 0 Å². The second-order valence-electron chi connectivity index (χ2n) is 2.79. The van der Waals surface area contributed by atoms with Crippen LogP contribution in [-0.4, -0.2) is 19.1 Å². The maximum Gasteiger partial charge on any atom is 0.308 e. The molecule has 1 rings (SSSR count). The maximum atomic E-state index is 10.9. The van der Waals surface area contributed by atoms with Gasteiger partial charge in [0, 0.05) is 6.04 Å². The van der Waals surface area contributed by atoms with Crippen LogP contribution in [0.1, 0.15) is 19.3 Å². The molecule has 58 valence electrons. The minimum absolute atomic E-state index is 0.0694. The third-order valence-electron chi connectivity index (χ3n) is 2.01. The zero-order valence-electron chi connectivity index (χ0n) is 6.17. The van der Waals surface area contributed by atoms with Crippen molar-refractivity contribution in [1.29, 1.82) is 0 Å². The molecule has 0 aromatic heterocycles. The molecule has 2 N–H and O–H groups in total. The van der Waals surface area contributed by atoms with Crippen LogP contribution < -0.4 is 5.73 Å². The molecule has 0 saturated heterocycles. The lowest BCUT2D eigenvalue weighted by molar-refractivity contribution is -0.145. The van der Waals surface area contributed by atoms with Gasteiger partial charge in [-0.1, -0.05) is 0 Å². The number of carbonyl (C=O) groups is 1. The number of ether oxygens (including phenoxy) is 1. The Hall–Kier alpha value is -0.570.